The number of carbonyl (C=O) groups excluding carboxylic acids is 1. The van der Waals surface area contributed by atoms with E-state index in [9.17, 15) is 22.4 Å². The molecular weight excluding hydrogens is 462 g/mol. The topological polar surface area (TPSA) is 98.4 Å². The number of benzene rings is 2. The molecule has 2 heterocycles. The van der Waals surface area contributed by atoms with Crippen LogP contribution in [-0.4, -0.2) is 15.3 Å². The van der Waals surface area contributed by atoms with Crippen LogP contribution in [0.2, 0.25) is 0 Å². The van der Waals surface area contributed by atoms with E-state index in [1.54, 1.807) is 34.9 Å². The average Bonchev–Trinajstić information content (AvgIpc) is 3.27. The maximum atomic E-state index is 13.7. The third-order valence-electron chi connectivity index (χ3n) is 5.20. The highest BCUT2D eigenvalue weighted by molar-refractivity contribution is 6.06. The predicted octanol–water partition coefficient (Wildman–Crippen LogP) is 5.18. The maximum absolute atomic E-state index is 13.7. The van der Waals surface area contributed by atoms with Crippen LogP contribution in [0.5, 0.6) is 0 Å². The first kappa shape index (κ1) is 23.6. The van der Waals surface area contributed by atoms with Gasteiger partial charge in [-0.3, -0.25) is 9.20 Å². The van der Waals surface area contributed by atoms with E-state index in [0.29, 0.717) is 28.2 Å². The highest BCUT2D eigenvalue weighted by Gasteiger charge is 2.35. The number of allylic oxidation sites excluding steroid dienone is 2. The fraction of sp³-hybridized carbons (Fsp3) is 0.0400. The summed E-state index contributed by atoms with van der Waals surface area (Å²) in [5.74, 6) is -1.10. The van der Waals surface area contributed by atoms with Crippen molar-refractivity contribution in [1.82, 2.24) is 9.38 Å². The minimum atomic E-state index is -4.76. The molecule has 6 nitrogen and oxygen atoms in total. The number of nitrogens with zero attached hydrogens (tertiary/aromatic N) is 2. The Morgan fingerprint density at radius 1 is 1.09 bits per heavy atom. The van der Waals surface area contributed by atoms with Crippen LogP contribution in [-0.2, 0) is 6.18 Å². The Kier molecular flexibility index (Phi) is 6.28. The van der Waals surface area contributed by atoms with Gasteiger partial charge in [0.2, 0.25) is 0 Å². The quantitative estimate of drug-likeness (QED) is 0.270. The van der Waals surface area contributed by atoms with E-state index < -0.39 is 29.0 Å². The molecule has 0 unspecified atom stereocenters. The average molecular weight is 481 g/mol. The summed E-state index contributed by atoms with van der Waals surface area (Å²) in [6.45, 7) is 0. The van der Waals surface area contributed by atoms with Crippen molar-refractivity contribution in [2.45, 2.75) is 6.18 Å². The number of amides is 1. The first-order chi connectivity index (χ1) is 16.7. The third kappa shape index (κ3) is 4.86. The van der Waals surface area contributed by atoms with E-state index in [4.69, 9.17) is 11.5 Å². The number of carbonyl (C=O) groups is 1. The van der Waals surface area contributed by atoms with Crippen molar-refractivity contribution < 1.29 is 22.4 Å². The summed E-state index contributed by atoms with van der Waals surface area (Å²) in [6, 6.07) is 11.4. The Balaban J connectivity index is 1.80. The molecule has 35 heavy (non-hydrogen) atoms. The second kappa shape index (κ2) is 9.34. The molecule has 0 radical (unpaired) electrons. The lowest BCUT2D eigenvalue weighted by Gasteiger charge is -2.15. The number of pyridine rings is 1. The van der Waals surface area contributed by atoms with Crippen molar-refractivity contribution in [1.29, 1.82) is 0 Å². The van der Waals surface area contributed by atoms with Crippen molar-refractivity contribution >= 4 is 22.8 Å². The minimum Gasteiger partial charge on any atom is -0.405 e. The van der Waals surface area contributed by atoms with E-state index in [1.807, 2.05) is 0 Å². The van der Waals surface area contributed by atoms with Crippen LogP contribution in [0.4, 0.5) is 23.2 Å². The first-order valence-corrected chi connectivity index (χ1v) is 10.3. The summed E-state index contributed by atoms with van der Waals surface area (Å²) in [6.07, 6.45) is 2.90. The smallest absolute Gasteiger partial charge is 0.405 e. The molecule has 0 fully saturated rings. The zero-order valence-corrected chi connectivity index (χ0v) is 18.1. The number of halogens is 4. The molecule has 0 saturated heterocycles. The van der Waals surface area contributed by atoms with Gasteiger partial charge in [-0.05, 0) is 66.4 Å². The number of hydrogen-bond acceptors (Lipinski definition) is 4. The Hall–Kier alpha value is -4.60. The molecule has 0 aliphatic heterocycles. The van der Waals surface area contributed by atoms with Gasteiger partial charge < -0.3 is 16.8 Å². The standard InChI is InChI=1S/C25H19F4N5O/c26-16-6-8-17(9-7-16)33-24(35)19-13-15(5-10-20(19)25(27,28)29)18-3-2-12-34-22(18)14-32-23(34)21(31)4-1-11-30/h1-14H,30-31H2,(H,33,35)/b11-1-,21-4-. The molecule has 10 heteroatoms. The Labute approximate surface area is 197 Å². The number of fused-ring (bicyclic) bond motifs is 1. The van der Waals surface area contributed by atoms with Crippen LogP contribution >= 0.6 is 0 Å². The molecule has 0 bridgehead atoms. The molecule has 2 aromatic heterocycles. The summed E-state index contributed by atoms with van der Waals surface area (Å²) in [5.41, 5.74) is 11.7. The third-order valence-corrected chi connectivity index (χ3v) is 5.20. The van der Waals surface area contributed by atoms with E-state index >= 15 is 0 Å². The molecule has 4 rings (SSSR count). The van der Waals surface area contributed by atoms with Crippen LogP contribution in [0, 0.1) is 5.82 Å². The summed E-state index contributed by atoms with van der Waals surface area (Å²) < 4.78 is 56.0. The zero-order valence-electron chi connectivity index (χ0n) is 18.1. The van der Waals surface area contributed by atoms with E-state index in [-0.39, 0.29) is 5.69 Å². The molecule has 178 valence electrons. The highest BCUT2D eigenvalue weighted by Crippen LogP contribution is 2.36. The molecule has 4 aromatic rings. The molecule has 0 atom stereocenters. The van der Waals surface area contributed by atoms with Gasteiger partial charge in [-0.2, -0.15) is 13.2 Å². The van der Waals surface area contributed by atoms with Gasteiger partial charge in [-0.15, -0.1) is 0 Å². The molecule has 0 saturated carbocycles. The lowest BCUT2D eigenvalue weighted by Crippen LogP contribution is -2.19. The summed E-state index contributed by atoms with van der Waals surface area (Å²) >= 11 is 0. The number of nitrogens with two attached hydrogens (primary N) is 2. The lowest BCUT2D eigenvalue weighted by atomic mass is 9.98. The van der Waals surface area contributed by atoms with Crippen molar-refractivity contribution in [3.05, 3.63) is 108 Å². The van der Waals surface area contributed by atoms with Gasteiger partial charge in [0.25, 0.3) is 5.91 Å². The number of hydrogen-bond donors (Lipinski definition) is 3. The number of alkyl halides is 3. The van der Waals surface area contributed by atoms with Gasteiger partial charge >= 0.3 is 6.18 Å². The maximum Gasteiger partial charge on any atom is 0.417 e. The number of imidazole rings is 1. The SMILES string of the molecule is N/C=C\C=C(/N)c1ncc2c(-c3ccc(C(F)(F)F)c(C(=O)Nc4ccc(F)cc4)c3)cccn12. The number of rotatable bonds is 5. The Morgan fingerprint density at radius 2 is 1.83 bits per heavy atom. The Morgan fingerprint density at radius 3 is 2.51 bits per heavy atom. The predicted molar refractivity (Wildman–Crippen MR) is 125 cm³/mol. The molecule has 2 aromatic carbocycles. The van der Waals surface area contributed by atoms with Gasteiger partial charge in [-0.1, -0.05) is 12.1 Å². The summed E-state index contributed by atoms with van der Waals surface area (Å²) in [5, 5.41) is 2.39. The summed E-state index contributed by atoms with van der Waals surface area (Å²) in [7, 11) is 0. The monoisotopic (exact) mass is 481 g/mol. The van der Waals surface area contributed by atoms with Gasteiger partial charge in [0.05, 0.1) is 28.5 Å². The van der Waals surface area contributed by atoms with Crippen molar-refractivity contribution in [3.8, 4) is 11.1 Å². The molecule has 0 spiro atoms. The molecule has 0 aliphatic carbocycles. The largest absolute Gasteiger partial charge is 0.417 e. The highest BCUT2D eigenvalue weighted by atomic mass is 19.4. The molecule has 1 amide bonds. The van der Waals surface area contributed by atoms with Gasteiger partial charge in [0.1, 0.15) is 5.82 Å². The van der Waals surface area contributed by atoms with E-state index in [1.165, 1.54) is 36.7 Å². The normalized spacial score (nSPS) is 12.4. The zero-order chi connectivity index (χ0) is 25.2. The van der Waals surface area contributed by atoms with Gasteiger partial charge in [0, 0.05) is 17.4 Å². The first-order valence-electron chi connectivity index (χ1n) is 10.3. The molecular formula is C25H19F4N5O. The molecule has 0 aliphatic rings. The van der Waals surface area contributed by atoms with Crippen molar-refractivity contribution in [3.63, 3.8) is 0 Å². The van der Waals surface area contributed by atoms with Crippen molar-refractivity contribution in [2.24, 2.45) is 11.5 Å². The second-order valence-electron chi connectivity index (χ2n) is 7.48. The van der Waals surface area contributed by atoms with E-state index in [0.717, 1.165) is 18.2 Å². The number of nitrogens with one attached hydrogen (secondary N) is 1. The number of anilines is 1. The van der Waals surface area contributed by atoms with E-state index in [2.05, 4.69) is 10.3 Å². The molecule has 5 N–H and O–H groups in total. The van der Waals surface area contributed by atoms with Crippen LogP contribution in [0.1, 0.15) is 21.7 Å². The second-order valence-corrected chi connectivity index (χ2v) is 7.48. The van der Waals surface area contributed by atoms with Crippen molar-refractivity contribution in [2.75, 3.05) is 5.32 Å². The van der Waals surface area contributed by atoms with Gasteiger partial charge in [-0.25, -0.2) is 9.37 Å². The fourth-order valence-electron chi connectivity index (χ4n) is 3.59. The lowest BCUT2D eigenvalue weighted by molar-refractivity contribution is -0.137. The minimum absolute atomic E-state index is 0.159. The fourth-order valence-corrected chi connectivity index (χ4v) is 3.59. The van der Waals surface area contributed by atoms with Gasteiger partial charge in [0.15, 0.2) is 5.82 Å². The van der Waals surface area contributed by atoms with Crippen LogP contribution in [0.25, 0.3) is 22.3 Å². The van der Waals surface area contributed by atoms with Crippen LogP contribution in [0.15, 0.2) is 85.3 Å². The van der Waals surface area contributed by atoms with Crippen LogP contribution < -0.4 is 16.8 Å². The van der Waals surface area contributed by atoms with Crippen LogP contribution in [0.3, 0.4) is 0 Å². The Bertz CT molecular complexity index is 1450. The summed E-state index contributed by atoms with van der Waals surface area (Å²) in [4.78, 5) is 17.2. The number of aromatic nitrogens is 2.